The lowest BCUT2D eigenvalue weighted by Crippen LogP contribution is -2.39. The van der Waals surface area contributed by atoms with Crippen molar-refractivity contribution >= 4 is 29.9 Å². The molecule has 0 spiro atoms. The molecule has 1 saturated heterocycles. The number of ether oxygens (including phenoxy) is 1. The molecule has 0 amide bonds. The number of halogens is 4. The maximum Gasteiger partial charge on any atom is 0.416 e. The fourth-order valence-corrected chi connectivity index (χ4v) is 2.54. The Bertz CT molecular complexity index is 543. The van der Waals surface area contributed by atoms with E-state index in [1.54, 1.807) is 7.05 Å². The van der Waals surface area contributed by atoms with Gasteiger partial charge in [-0.3, -0.25) is 4.99 Å². The number of rotatable bonds is 3. The number of hydrogen-bond acceptors (Lipinski definition) is 2. The number of benzene rings is 1. The summed E-state index contributed by atoms with van der Waals surface area (Å²) >= 11 is 0. The third-order valence-corrected chi connectivity index (χ3v) is 3.68. The quantitative estimate of drug-likeness (QED) is 0.442. The molecule has 0 bridgehead atoms. The van der Waals surface area contributed by atoms with Crippen LogP contribution in [0.4, 0.5) is 13.2 Å². The van der Waals surface area contributed by atoms with Crippen LogP contribution in [0.5, 0.6) is 5.75 Å². The summed E-state index contributed by atoms with van der Waals surface area (Å²) in [6, 6.07) is 3.99. The molecule has 8 heteroatoms. The number of methoxy groups -OCH3 is 1. The van der Waals surface area contributed by atoms with E-state index >= 15 is 0 Å². The second kappa shape index (κ2) is 8.60. The first-order valence-corrected chi connectivity index (χ1v) is 7.15. The molecule has 0 radical (unpaired) electrons. The highest BCUT2D eigenvalue weighted by Gasteiger charge is 2.33. The highest BCUT2D eigenvalue weighted by molar-refractivity contribution is 14.0. The Kier molecular flexibility index (Phi) is 7.43. The summed E-state index contributed by atoms with van der Waals surface area (Å²) in [5.74, 6) is 0.835. The molecule has 1 aliphatic heterocycles. The van der Waals surface area contributed by atoms with Crippen LogP contribution < -0.4 is 10.1 Å². The number of hydrogen-bond donors (Lipinski definition) is 1. The van der Waals surface area contributed by atoms with Gasteiger partial charge in [-0.1, -0.05) is 6.07 Å². The third-order valence-electron chi connectivity index (χ3n) is 3.68. The third kappa shape index (κ3) is 5.15. The topological polar surface area (TPSA) is 36.9 Å². The van der Waals surface area contributed by atoms with E-state index in [1.165, 1.54) is 19.2 Å². The van der Waals surface area contributed by atoms with Crippen LogP contribution in [-0.2, 0) is 12.7 Å². The predicted octanol–water partition coefficient (Wildman–Crippen LogP) is 3.50. The molecule has 1 fully saturated rings. The van der Waals surface area contributed by atoms with Crippen LogP contribution in [0.15, 0.2) is 23.2 Å². The average molecular weight is 443 g/mol. The van der Waals surface area contributed by atoms with E-state index in [-0.39, 0.29) is 41.8 Å². The number of guanidine groups is 1. The first kappa shape index (κ1) is 19.9. The van der Waals surface area contributed by atoms with Crippen molar-refractivity contribution in [2.24, 2.45) is 4.99 Å². The highest BCUT2D eigenvalue weighted by atomic mass is 127. The summed E-state index contributed by atoms with van der Waals surface area (Å²) in [6.45, 7) is 1.84. The van der Waals surface area contributed by atoms with E-state index in [2.05, 4.69) is 15.2 Å². The van der Waals surface area contributed by atoms with Gasteiger partial charge in [0.2, 0.25) is 0 Å². The lowest BCUT2D eigenvalue weighted by molar-refractivity contribution is -0.138. The van der Waals surface area contributed by atoms with Crippen LogP contribution >= 0.6 is 24.0 Å². The van der Waals surface area contributed by atoms with E-state index in [9.17, 15) is 13.2 Å². The Morgan fingerprint density at radius 2 is 1.96 bits per heavy atom. The molecular formula is C15H21F3IN3O. The van der Waals surface area contributed by atoms with Crippen LogP contribution in [0.25, 0.3) is 0 Å². The molecule has 1 N–H and O–H groups in total. The van der Waals surface area contributed by atoms with Crippen molar-refractivity contribution < 1.29 is 17.9 Å². The summed E-state index contributed by atoms with van der Waals surface area (Å²) in [6.07, 6.45) is -2.25. The maximum atomic E-state index is 13.1. The van der Waals surface area contributed by atoms with Gasteiger partial charge in [-0.15, -0.1) is 24.0 Å². The molecule has 1 aromatic rings. The van der Waals surface area contributed by atoms with E-state index in [0.717, 1.165) is 32.0 Å². The van der Waals surface area contributed by atoms with Crippen molar-refractivity contribution in [3.05, 3.63) is 29.3 Å². The van der Waals surface area contributed by atoms with Crippen LogP contribution in [0, 0.1) is 0 Å². The molecule has 1 aromatic carbocycles. The summed E-state index contributed by atoms with van der Waals surface area (Å²) in [5.41, 5.74) is -0.509. The van der Waals surface area contributed by atoms with Gasteiger partial charge < -0.3 is 15.0 Å². The van der Waals surface area contributed by atoms with Gasteiger partial charge in [0, 0.05) is 26.7 Å². The van der Waals surface area contributed by atoms with Crippen molar-refractivity contribution in [2.45, 2.75) is 25.6 Å². The van der Waals surface area contributed by atoms with Gasteiger partial charge in [-0.05, 0) is 30.5 Å². The van der Waals surface area contributed by atoms with Crippen molar-refractivity contribution in [2.75, 3.05) is 27.2 Å². The fourth-order valence-electron chi connectivity index (χ4n) is 2.54. The zero-order chi connectivity index (χ0) is 16.2. The minimum atomic E-state index is -4.41. The van der Waals surface area contributed by atoms with E-state index in [4.69, 9.17) is 4.74 Å². The van der Waals surface area contributed by atoms with Crippen LogP contribution in [0.1, 0.15) is 24.0 Å². The Morgan fingerprint density at radius 1 is 1.30 bits per heavy atom. The number of nitrogens with zero attached hydrogens (tertiary/aromatic N) is 2. The minimum Gasteiger partial charge on any atom is -0.497 e. The Balaban J connectivity index is 0.00000264. The average Bonchev–Trinajstić information content (AvgIpc) is 3.01. The normalized spacial score (nSPS) is 15.3. The molecule has 1 aliphatic rings. The lowest BCUT2D eigenvalue weighted by atomic mass is 10.1. The van der Waals surface area contributed by atoms with E-state index in [0.29, 0.717) is 5.96 Å². The van der Waals surface area contributed by atoms with Crippen molar-refractivity contribution in [3.63, 3.8) is 0 Å². The molecule has 0 aromatic heterocycles. The van der Waals surface area contributed by atoms with Crippen LogP contribution in [-0.4, -0.2) is 38.1 Å². The fraction of sp³-hybridized carbons (Fsp3) is 0.533. The van der Waals surface area contributed by atoms with Gasteiger partial charge in [0.05, 0.1) is 12.7 Å². The molecule has 23 heavy (non-hydrogen) atoms. The summed E-state index contributed by atoms with van der Waals surface area (Å²) < 4.78 is 44.3. The van der Waals surface area contributed by atoms with Gasteiger partial charge in [-0.2, -0.15) is 13.2 Å². The van der Waals surface area contributed by atoms with Gasteiger partial charge in [-0.25, -0.2) is 0 Å². The van der Waals surface area contributed by atoms with Crippen LogP contribution in [0.2, 0.25) is 0 Å². The summed E-state index contributed by atoms with van der Waals surface area (Å²) in [7, 11) is 2.99. The Labute approximate surface area is 151 Å². The standard InChI is InChI=1S/C15H20F3N3O.HI/c1-19-14(21-7-3-4-8-21)20-10-11-5-6-12(22-2)9-13(11)15(16,17)18;/h5-6,9H,3-4,7-8,10H2,1-2H3,(H,19,20);1H. The number of likely N-dealkylation sites (tertiary alicyclic amines) is 1. The summed E-state index contributed by atoms with van der Waals surface area (Å²) in [4.78, 5) is 6.19. The highest BCUT2D eigenvalue weighted by Crippen LogP contribution is 2.34. The molecule has 1 heterocycles. The number of aliphatic imine (C=N–C) groups is 1. The Morgan fingerprint density at radius 3 is 2.48 bits per heavy atom. The second-order valence-electron chi connectivity index (χ2n) is 5.12. The molecule has 0 aliphatic carbocycles. The van der Waals surface area contributed by atoms with Crippen LogP contribution in [0.3, 0.4) is 0 Å². The maximum absolute atomic E-state index is 13.1. The Hall–Kier alpha value is -1.19. The van der Waals surface area contributed by atoms with Gasteiger partial charge in [0.1, 0.15) is 5.75 Å². The molecule has 0 saturated carbocycles. The lowest BCUT2D eigenvalue weighted by Gasteiger charge is -2.22. The first-order valence-electron chi connectivity index (χ1n) is 7.15. The molecule has 2 rings (SSSR count). The number of nitrogens with one attached hydrogen (secondary N) is 1. The smallest absolute Gasteiger partial charge is 0.416 e. The van der Waals surface area contributed by atoms with Crippen molar-refractivity contribution in [1.29, 1.82) is 0 Å². The van der Waals surface area contributed by atoms with Crippen molar-refractivity contribution in [1.82, 2.24) is 10.2 Å². The van der Waals surface area contributed by atoms with E-state index in [1.807, 2.05) is 0 Å². The molecular weight excluding hydrogens is 422 g/mol. The molecule has 130 valence electrons. The zero-order valence-electron chi connectivity index (χ0n) is 13.1. The second-order valence-corrected chi connectivity index (χ2v) is 5.12. The van der Waals surface area contributed by atoms with Gasteiger partial charge in [0.15, 0.2) is 5.96 Å². The first-order chi connectivity index (χ1) is 10.5. The van der Waals surface area contributed by atoms with E-state index < -0.39 is 11.7 Å². The zero-order valence-corrected chi connectivity index (χ0v) is 15.4. The predicted molar refractivity (Wildman–Crippen MR) is 94.4 cm³/mol. The monoisotopic (exact) mass is 443 g/mol. The molecule has 0 unspecified atom stereocenters. The van der Waals surface area contributed by atoms with Gasteiger partial charge >= 0.3 is 6.18 Å². The summed E-state index contributed by atoms with van der Waals surface area (Å²) in [5, 5.41) is 3.01. The molecule has 4 nitrogen and oxygen atoms in total. The largest absolute Gasteiger partial charge is 0.497 e. The minimum absolute atomic E-state index is 0. The van der Waals surface area contributed by atoms with Crippen molar-refractivity contribution in [3.8, 4) is 5.75 Å². The molecule has 0 atom stereocenters. The number of alkyl halides is 3. The van der Waals surface area contributed by atoms with Gasteiger partial charge in [0.25, 0.3) is 0 Å². The SMILES string of the molecule is CN=C(NCc1ccc(OC)cc1C(F)(F)F)N1CCCC1.I.